The molecule has 0 aromatic heterocycles. The van der Waals surface area contributed by atoms with Gasteiger partial charge < -0.3 is 4.90 Å². The summed E-state index contributed by atoms with van der Waals surface area (Å²) in [5, 5.41) is 0. The first kappa shape index (κ1) is 16.0. The molecule has 0 N–H and O–H groups in total. The van der Waals surface area contributed by atoms with E-state index in [0.29, 0.717) is 0 Å². The summed E-state index contributed by atoms with van der Waals surface area (Å²) in [6.07, 6.45) is 0. The van der Waals surface area contributed by atoms with E-state index in [9.17, 15) is 0 Å². The lowest BCUT2D eigenvalue weighted by Crippen LogP contribution is -1.99. The highest BCUT2D eigenvalue weighted by Crippen LogP contribution is 1.47. The Labute approximate surface area is 51.5 Å². The average Bonchev–Trinajstić information content (AvgIpc) is 0.811. The monoisotopic (exact) mass is 131 g/mol. The lowest BCUT2D eigenvalue weighted by atomic mass is 11.0. The van der Waals surface area contributed by atoms with Crippen LogP contribution in [0.15, 0.2) is 0 Å². The van der Waals surface area contributed by atoms with E-state index in [1.807, 2.05) is 26.0 Å². The van der Waals surface area contributed by atoms with Crippen molar-refractivity contribution in [2.75, 3.05) is 21.1 Å². The van der Waals surface area contributed by atoms with Crippen molar-refractivity contribution in [1.82, 2.24) is 4.90 Å². The summed E-state index contributed by atoms with van der Waals surface area (Å²) in [6.45, 7) is 0. The van der Waals surface area contributed by atoms with Gasteiger partial charge in [-0.1, -0.05) is 0 Å². The predicted octanol–water partition coefficient (Wildman–Crippen LogP) is 1.02. The zero-order valence-electron chi connectivity index (χ0n) is 4.26. The number of rotatable bonds is 0. The van der Waals surface area contributed by atoms with E-state index >= 15 is 0 Å². The van der Waals surface area contributed by atoms with Crippen molar-refractivity contribution in [1.29, 1.82) is 0 Å². The van der Waals surface area contributed by atoms with Gasteiger partial charge in [0.25, 0.3) is 0 Å². The number of hydrogen-bond acceptors (Lipinski definition) is 1. The molecular formula is C3H11Cl2N. The highest BCUT2D eigenvalue weighted by atomic mass is 35.5. The van der Waals surface area contributed by atoms with Gasteiger partial charge in [0, 0.05) is 0 Å². The van der Waals surface area contributed by atoms with Crippen LogP contribution in [-0.4, -0.2) is 26.0 Å². The van der Waals surface area contributed by atoms with Gasteiger partial charge in [-0.25, -0.2) is 0 Å². The second-order valence-electron chi connectivity index (χ2n) is 1.34. The zero-order chi connectivity index (χ0) is 3.58. The molecule has 0 aliphatic carbocycles. The summed E-state index contributed by atoms with van der Waals surface area (Å²) in [5.41, 5.74) is 0. The topological polar surface area (TPSA) is 3.24 Å². The number of halogens is 2. The molecule has 1 nitrogen and oxygen atoms in total. The van der Waals surface area contributed by atoms with Gasteiger partial charge in [-0.3, -0.25) is 0 Å². The molecule has 0 saturated heterocycles. The van der Waals surface area contributed by atoms with E-state index < -0.39 is 0 Å². The molecule has 6 heavy (non-hydrogen) atoms. The molecule has 0 radical (unpaired) electrons. The third-order valence-electron chi connectivity index (χ3n) is 0. The average molecular weight is 132 g/mol. The van der Waals surface area contributed by atoms with Crippen LogP contribution in [0.4, 0.5) is 0 Å². The van der Waals surface area contributed by atoms with Crippen LogP contribution in [0.3, 0.4) is 0 Å². The van der Waals surface area contributed by atoms with Crippen molar-refractivity contribution in [3.8, 4) is 0 Å². The van der Waals surface area contributed by atoms with Gasteiger partial charge in [-0.2, -0.15) is 0 Å². The lowest BCUT2D eigenvalue weighted by molar-refractivity contribution is 0.505. The summed E-state index contributed by atoms with van der Waals surface area (Å²) in [4.78, 5) is 2.00. The maximum Gasteiger partial charge on any atom is -0.0140 e. The van der Waals surface area contributed by atoms with E-state index in [1.54, 1.807) is 0 Å². The minimum absolute atomic E-state index is 0. The third kappa shape index (κ3) is 195. The molecule has 0 bridgehead atoms. The molecule has 0 aromatic carbocycles. The second kappa shape index (κ2) is 9.11. The Bertz CT molecular complexity index is 13.5. The smallest absolute Gasteiger partial charge is 0.0140 e. The Morgan fingerprint density at radius 1 is 0.833 bits per heavy atom. The first-order valence-electron chi connectivity index (χ1n) is 1.34. The maximum absolute atomic E-state index is 2.00. The molecule has 0 aliphatic heterocycles. The van der Waals surface area contributed by atoms with Gasteiger partial charge in [-0.05, 0) is 21.1 Å². The fourth-order valence-corrected chi connectivity index (χ4v) is 0. The molecule has 0 saturated carbocycles. The second-order valence-corrected chi connectivity index (χ2v) is 1.34. The van der Waals surface area contributed by atoms with E-state index in [1.165, 1.54) is 0 Å². The third-order valence-corrected chi connectivity index (χ3v) is 0. The Hall–Kier alpha value is 0.540. The van der Waals surface area contributed by atoms with Gasteiger partial charge in [0.1, 0.15) is 0 Å². The van der Waals surface area contributed by atoms with Crippen LogP contribution >= 0.6 is 24.8 Å². The van der Waals surface area contributed by atoms with Crippen LogP contribution in [0.2, 0.25) is 0 Å². The van der Waals surface area contributed by atoms with E-state index in [0.717, 1.165) is 0 Å². The largest absolute Gasteiger partial charge is 0.312 e. The molecular weight excluding hydrogens is 121 g/mol. The highest BCUT2D eigenvalue weighted by molar-refractivity contribution is 5.85. The molecule has 0 amide bonds. The van der Waals surface area contributed by atoms with Crippen molar-refractivity contribution in [3.05, 3.63) is 0 Å². The maximum atomic E-state index is 2.00. The summed E-state index contributed by atoms with van der Waals surface area (Å²) >= 11 is 0. The predicted molar refractivity (Wildman–Crippen MR) is 34.1 cm³/mol. The van der Waals surface area contributed by atoms with Gasteiger partial charge >= 0.3 is 0 Å². The Kier molecular flexibility index (Phi) is 24.3. The van der Waals surface area contributed by atoms with E-state index in [-0.39, 0.29) is 24.8 Å². The van der Waals surface area contributed by atoms with Crippen molar-refractivity contribution in [2.24, 2.45) is 0 Å². The number of nitrogens with zero attached hydrogens (tertiary/aromatic N) is 1. The van der Waals surface area contributed by atoms with Crippen LogP contribution in [0, 0.1) is 0 Å². The van der Waals surface area contributed by atoms with Crippen LogP contribution < -0.4 is 0 Å². The standard InChI is InChI=1S/C3H9N.2ClH/c1-4(2)3;;/h1-3H3;2*1H. The van der Waals surface area contributed by atoms with Gasteiger partial charge in [0.15, 0.2) is 0 Å². The molecule has 0 unspecified atom stereocenters. The first-order valence-corrected chi connectivity index (χ1v) is 1.34. The summed E-state index contributed by atoms with van der Waals surface area (Å²) in [6, 6.07) is 0. The van der Waals surface area contributed by atoms with Crippen molar-refractivity contribution in [2.45, 2.75) is 0 Å². The molecule has 0 spiro atoms. The zero-order valence-corrected chi connectivity index (χ0v) is 5.90. The molecule has 0 heterocycles. The van der Waals surface area contributed by atoms with Crippen molar-refractivity contribution < 1.29 is 0 Å². The number of hydrogen-bond donors (Lipinski definition) is 0. The normalized spacial score (nSPS) is 6.00. The van der Waals surface area contributed by atoms with Crippen molar-refractivity contribution in [3.63, 3.8) is 0 Å². The summed E-state index contributed by atoms with van der Waals surface area (Å²) in [5.74, 6) is 0. The molecule has 42 valence electrons. The van der Waals surface area contributed by atoms with Crippen LogP contribution in [0.25, 0.3) is 0 Å². The Morgan fingerprint density at radius 3 is 0.833 bits per heavy atom. The lowest BCUT2D eigenvalue weighted by Gasteiger charge is -1.90. The molecule has 0 fully saturated rings. The molecule has 0 atom stereocenters. The summed E-state index contributed by atoms with van der Waals surface area (Å²) < 4.78 is 0. The quantitative estimate of drug-likeness (QED) is 0.475. The summed E-state index contributed by atoms with van der Waals surface area (Å²) in [7, 11) is 6.00. The van der Waals surface area contributed by atoms with Gasteiger partial charge in [0.2, 0.25) is 0 Å². The van der Waals surface area contributed by atoms with E-state index in [4.69, 9.17) is 0 Å². The molecule has 3 heteroatoms. The Morgan fingerprint density at radius 2 is 0.833 bits per heavy atom. The first-order chi connectivity index (χ1) is 1.73. The minimum Gasteiger partial charge on any atom is -0.312 e. The Balaban J connectivity index is -0.0000000450. The van der Waals surface area contributed by atoms with Gasteiger partial charge in [-0.15, -0.1) is 24.8 Å². The fourth-order valence-electron chi connectivity index (χ4n) is 0. The van der Waals surface area contributed by atoms with Gasteiger partial charge in [0.05, 0.1) is 0 Å². The highest BCUT2D eigenvalue weighted by Gasteiger charge is 1.58. The minimum atomic E-state index is 0. The van der Waals surface area contributed by atoms with Crippen LogP contribution in [0.1, 0.15) is 0 Å². The fraction of sp³-hybridized carbons (Fsp3) is 1.00. The SMILES string of the molecule is CN(C)C.Cl.Cl. The molecule has 0 rings (SSSR count). The van der Waals surface area contributed by atoms with Crippen LogP contribution in [-0.2, 0) is 0 Å². The van der Waals surface area contributed by atoms with E-state index in [2.05, 4.69) is 0 Å². The molecule has 0 aromatic rings. The van der Waals surface area contributed by atoms with Crippen molar-refractivity contribution >= 4 is 24.8 Å². The molecule has 0 aliphatic rings. The van der Waals surface area contributed by atoms with Crippen LogP contribution in [0.5, 0.6) is 0 Å².